The highest BCUT2D eigenvalue weighted by atomic mass is 32.2. The van der Waals surface area contributed by atoms with Gasteiger partial charge in [0.05, 0.1) is 24.0 Å². The zero-order valence-electron chi connectivity index (χ0n) is 7.77. The lowest BCUT2D eigenvalue weighted by molar-refractivity contribution is 0.538. The van der Waals surface area contributed by atoms with Crippen molar-refractivity contribution < 1.29 is 12.8 Å². The Bertz CT molecular complexity index is 382. The van der Waals surface area contributed by atoms with E-state index in [4.69, 9.17) is 4.42 Å². The fourth-order valence-corrected chi connectivity index (χ4v) is 3.32. The Morgan fingerprint density at radius 3 is 3.00 bits per heavy atom. The third-order valence-electron chi connectivity index (χ3n) is 2.41. The van der Waals surface area contributed by atoms with E-state index in [2.05, 4.69) is 5.32 Å². The monoisotopic (exact) mass is 215 g/mol. The topological polar surface area (TPSA) is 59.3 Å². The van der Waals surface area contributed by atoms with E-state index in [0.717, 1.165) is 12.0 Å². The molecule has 0 radical (unpaired) electrons. The Hall–Kier alpha value is -0.810. The molecule has 0 saturated carbocycles. The molecule has 1 aliphatic rings. The zero-order valence-corrected chi connectivity index (χ0v) is 8.59. The van der Waals surface area contributed by atoms with Gasteiger partial charge in [0.1, 0.15) is 0 Å². The number of sulfone groups is 1. The smallest absolute Gasteiger partial charge is 0.151 e. The molecule has 5 heteroatoms. The SMILES string of the molecule is O=S1(=O)CCC(NCc2ccoc2)C1. The second kappa shape index (κ2) is 3.74. The van der Waals surface area contributed by atoms with E-state index >= 15 is 0 Å². The van der Waals surface area contributed by atoms with Gasteiger partial charge in [-0.1, -0.05) is 0 Å². The van der Waals surface area contributed by atoms with Crippen molar-refractivity contribution in [3.63, 3.8) is 0 Å². The lowest BCUT2D eigenvalue weighted by Gasteiger charge is -2.08. The zero-order chi connectivity index (χ0) is 10.0. The van der Waals surface area contributed by atoms with Crippen molar-refractivity contribution in [1.82, 2.24) is 5.32 Å². The Kier molecular flexibility index (Phi) is 2.60. The van der Waals surface area contributed by atoms with Crippen LogP contribution in [-0.4, -0.2) is 26.0 Å². The van der Waals surface area contributed by atoms with Crippen LogP contribution in [0.15, 0.2) is 23.0 Å². The molecule has 2 heterocycles. The lowest BCUT2D eigenvalue weighted by Crippen LogP contribution is -2.29. The van der Waals surface area contributed by atoms with Gasteiger partial charge in [-0.25, -0.2) is 8.42 Å². The summed E-state index contributed by atoms with van der Waals surface area (Å²) in [6, 6.07) is 1.98. The van der Waals surface area contributed by atoms with Gasteiger partial charge in [0, 0.05) is 18.2 Å². The molecule has 1 saturated heterocycles. The predicted octanol–water partition coefficient (Wildman–Crippen LogP) is 0.556. The van der Waals surface area contributed by atoms with Crippen LogP contribution in [0.4, 0.5) is 0 Å². The van der Waals surface area contributed by atoms with Crippen LogP contribution >= 0.6 is 0 Å². The highest BCUT2D eigenvalue weighted by molar-refractivity contribution is 7.91. The maximum Gasteiger partial charge on any atom is 0.151 e. The van der Waals surface area contributed by atoms with Crippen LogP contribution in [0.5, 0.6) is 0 Å². The van der Waals surface area contributed by atoms with Crippen molar-refractivity contribution in [1.29, 1.82) is 0 Å². The third kappa shape index (κ3) is 2.36. The molecule has 1 aliphatic heterocycles. The van der Waals surface area contributed by atoms with E-state index in [9.17, 15) is 8.42 Å². The molecule has 1 fully saturated rings. The summed E-state index contributed by atoms with van der Waals surface area (Å²) in [6.07, 6.45) is 4.00. The minimum Gasteiger partial charge on any atom is -0.472 e. The van der Waals surface area contributed by atoms with E-state index < -0.39 is 9.84 Å². The van der Waals surface area contributed by atoms with Gasteiger partial charge in [-0.2, -0.15) is 0 Å². The molecule has 0 amide bonds. The Balaban J connectivity index is 1.83. The average molecular weight is 215 g/mol. The largest absolute Gasteiger partial charge is 0.472 e. The Morgan fingerprint density at radius 1 is 1.57 bits per heavy atom. The van der Waals surface area contributed by atoms with Crippen LogP contribution in [0, 0.1) is 0 Å². The van der Waals surface area contributed by atoms with E-state index in [1.165, 1.54) is 0 Å². The summed E-state index contributed by atoms with van der Waals surface area (Å²) >= 11 is 0. The predicted molar refractivity (Wildman–Crippen MR) is 52.6 cm³/mol. The first kappa shape index (κ1) is 9.73. The number of hydrogen-bond donors (Lipinski definition) is 1. The average Bonchev–Trinajstić information content (AvgIpc) is 2.70. The summed E-state index contributed by atoms with van der Waals surface area (Å²) < 4.78 is 27.2. The highest BCUT2D eigenvalue weighted by Gasteiger charge is 2.27. The Morgan fingerprint density at radius 2 is 2.43 bits per heavy atom. The summed E-state index contributed by atoms with van der Waals surface area (Å²) in [5.41, 5.74) is 1.05. The molecule has 1 N–H and O–H groups in total. The van der Waals surface area contributed by atoms with Gasteiger partial charge < -0.3 is 9.73 Å². The molecular formula is C9H13NO3S. The van der Waals surface area contributed by atoms with Crippen LogP contribution in [-0.2, 0) is 16.4 Å². The second-order valence-electron chi connectivity index (χ2n) is 3.61. The summed E-state index contributed by atoms with van der Waals surface area (Å²) in [5, 5.41) is 3.20. The van der Waals surface area contributed by atoms with Crippen molar-refractivity contribution in [3.05, 3.63) is 24.2 Å². The van der Waals surface area contributed by atoms with Gasteiger partial charge in [-0.3, -0.25) is 0 Å². The summed E-state index contributed by atoms with van der Waals surface area (Å²) in [6.45, 7) is 0.677. The van der Waals surface area contributed by atoms with Crippen molar-refractivity contribution in [2.24, 2.45) is 0 Å². The van der Waals surface area contributed by atoms with Gasteiger partial charge in [0.15, 0.2) is 9.84 Å². The van der Waals surface area contributed by atoms with E-state index in [-0.39, 0.29) is 11.8 Å². The summed E-state index contributed by atoms with van der Waals surface area (Å²) in [7, 11) is -2.77. The maximum absolute atomic E-state index is 11.1. The molecule has 1 atom stereocenters. The molecule has 0 bridgehead atoms. The molecule has 1 aromatic rings. The quantitative estimate of drug-likeness (QED) is 0.800. The summed E-state index contributed by atoms with van der Waals surface area (Å²) in [5.74, 6) is 0.584. The first-order valence-electron chi connectivity index (χ1n) is 4.61. The van der Waals surface area contributed by atoms with Crippen LogP contribution in [0.1, 0.15) is 12.0 Å². The fourth-order valence-electron chi connectivity index (χ4n) is 1.61. The Labute approximate surface area is 83.2 Å². The first-order chi connectivity index (χ1) is 6.66. The van der Waals surface area contributed by atoms with Crippen LogP contribution in [0.2, 0.25) is 0 Å². The van der Waals surface area contributed by atoms with Crippen molar-refractivity contribution in [3.8, 4) is 0 Å². The van der Waals surface area contributed by atoms with E-state index in [1.54, 1.807) is 12.5 Å². The number of nitrogens with one attached hydrogen (secondary N) is 1. The van der Waals surface area contributed by atoms with Crippen LogP contribution in [0.25, 0.3) is 0 Å². The van der Waals surface area contributed by atoms with Gasteiger partial charge in [-0.05, 0) is 12.5 Å². The molecule has 1 unspecified atom stereocenters. The minimum absolute atomic E-state index is 0.106. The minimum atomic E-state index is -2.77. The molecular weight excluding hydrogens is 202 g/mol. The molecule has 1 aromatic heterocycles. The highest BCUT2D eigenvalue weighted by Crippen LogP contribution is 2.12. The molecule has 4 nitrogen and oxygen atoms in total. The summed E-state index contributed by atoms with van der Waals surface area (Å²) in [4.78, 5) is 0. The lowest BCUT2D eigenvalue weighted by atomic mass is 10.2. The van der Waals surface area contributed by atoms with Crippen LogP contribution < -0.4 is 5.32 Å². The van der Waals surface area contributed by atoms with Crippen molar-refractivity contribution >= 4 is 9.84 Å². The number of hydrogen-bond acceptors (Lipinski definition) is 4. The van der Waals surface area contributed by atoms with E-state index in [0.29, 0.717) is 12.3 Å². The van der Waals surface area contributed by atoms with E-state index in [1.807, 2.05) is 6.07 Å². The van der Waals surface area contributed by atoms with Crippen molar-refractivity contribution in [2.45, 2.75) is 19.0 Å². The second-order valence-corrected chi connectivity index (χ2v) is 5.84. The molecule has 14 heavy (non-hydrogen) atoms. The van der Waals surface area contributed by atoms with Gasteiger partial charge in [0.25, 0.3) is 0 Å². The number of rotatable bonds is 3. The molecule has 0 aromatic carbocycles. The third-order valence-corrected chi connectivity index (χ3v) is 4.18. The molecule has 2 rings (SSSR count). The van der Waals surface area contributed by atoms with Crippen LogP contribution in [0.3, 0.4) is 0 Å². The standard InChI is InChI=1S/C9H13NO3S/c11-14(12)4-2-9(7-14)10-5-8-1-3-13-6-8/h1,3,6,9-10H,2,4-5,7H2. The normalized spacial score (nSPS) is 25.3. The molecule has 0 aliphatic carbocycles. The fraction of sp³-hybridized carbons (Fsp3) is 0.556. The van der Waals surface area contributed by atoms with Gasteiger partial charge in [0.2, 0.25) is 0 Å². The van der Waals surface area contributed by atoms with Gasteiger partial charge >= 0.3 is 0 Å². The first-order valence-corrected chi connectivity index (χ1v) is 6.43. The van der Waals surface area contributed by atoms with Crippen molar-refractivity contribution in [2.75, 3.05) is 11.5 Å². The maximum atomic E-state index is 11.1. The molecule has 0 spiro atoms. The van der Waals surface area contributed by atoms with Gasteiger partial charge in [-0.15, -0.1) is 0 Å². The number of furan rings is 1. The molecule has 78 valence electrons.